The lowest BCUT2D eigenvalue weighted by Crippen LogP contribution is -2.16. The predicted molar refractivity (Wildman–Crippen MR) is 89.8 cm³/mol. The molecule has 0 aliphatic carbocycles. The van der Waals surface area contributed by atoms with Crippen molar-refractivity contribution in [2.24, 2.45) is 5.14 Å². The van der Waals surface area contributed by atoms with E-state index in [4.69, 9.17) is 26.2 Å². The van der Waals surface area contributed by atoms with E-state index in [1.54, 1.807) is 31.2 Å². The topological polar surface area (TPSA) is 95.7 Å². The highest BCUT2D eigenvalue weighted by atomic mass is 35.5. The molecule has 0 aliphatic rings. The molecule has 24 heavy (non-hydrogen) atoms. The zero-order chi connectivity index (χ0) is 17.7. The van der Waals surface area contributed by atoms with Crippen molar-refractivity contribution in [1.82, 2.24) is 0 Å². The third-order valence-corrected chi connectivity index (χ3v) is 4.39. The van der Waals surface area contributed by atoms with Gasteiger partial charge in [0.1, 0.15) is 19.0 Å². The molecule has 0 aromatic heterocycles. The van der Waals surface area contributed by atoms with Crippen LogP contribution in [0.4, 0.5) is 0 Å². The Morgan fingerprint density at radius 3 is 2.54 bits per heavy atom. The number of carbonyl (C=O) groups is 1. The number of benzene rings is 2. The van der Waals surface area contributed by atoms with E-state index in [1.165, 1.54) is 18.2 Å². The van der Waals surface area contributed by atoms with E-state index in [0.717, 1.165) is 0 Å². The molecule has 0 amide bonds. The molecular weight excluding hydrogens is 354 g/mol. The SMILES string of the molecule is Cc1ccc(S(N)(=O)=O)cc1C(=O)OCCOc1ccccc1Cl. The largest absolute Gasteiger partial charge is 0.488 e. The van der Waals surface area contributed by atoms with Gasteiger partial charge in [-0.2, -0.15) is 0 Å². The van der Waals surface area contributed by atoms with Crippen LogP contribution in [0.2, 0.25) is 5.02 Å². The minimum absolute atomic E-state index is 0.0108. The van der Waals surface area contributed by atoms with Crippen molar-refractivity contribution in [3.63, 3.8) is 0 Å². The van der Waals surface area contributed by atoms with Crippen LogP contribution in [-0.2, 0) is 14.8 Å². The molecule has 6 nitrogen and oxygen atoms in total. The minimum Gasteiger partial charge on any atom is -0.488 e. The third kappa shape index (κ3) is 4.70. The van der Waals surface area contributed by atoms with Crippen LogP contribution in [0.3, 0.4) is 0 Å². The van der Waals surface area contributed by atoms with Gasteiger partial charge in [0.05, 0.1) is 15.5 Å². The maximum atomic E-state index is 12.1. The maximum Gasteiger partial charge on any atom is 0.338 e. The first kappa shape index (κ1) is 18.3. The Bertz CT molecular complexity index is 851. The summed E-state index contributed by atoms with van der Waals surface area (Å²) in [5.74, 6) is -0.164. The highest BCUT2D eigenvalue weighted by molar-refractivity contribution is 7.89. The lowest BCUT2D eigenvalue weighted by molar-refractivity contribution is 0.0449. The number of hydrogen-bond donors (Lipinski definition) is 1. The number of halogens is 1. The monoisotopic (exact) mass is 369 g/mol. The normalized spacial score (nSPS) is 11.1. The molecule has 2 N–H and O–H groups in total. The van der Waals surface area contributed by atoms with E-state index >= 15 is 0 Å². The van der Waals surface area contributed by atoms with E-state index in [9.17, 15) is 13.2 Å². The molecule has 2 aromatic rings. The number of rotatable bonds is 6. The van der Waals surface area contributed by atoms with Gasteiger partial charge in [0.15, 0.2) is 0 Å². The number of nitrogens with two attached hydrogens (primary N) is 1. The van der Waals surface area contributed by atoms with Crippen LogP contribution in [0, 0.1) is 6.92 Å². The van der Waals surface area contributed by atoms with Gasteiger partial charge < -0.3 is 9.47 Å². The first-order valence-corrected chi connectivity index (χ1v) is 8.89. The zero-order valence-corrected chi connectivity index (χ0v) is 14.4. The molecule has 0 saturated carbocycles. The van der Waals surface area contributed by atoms with Gasteiger partial charge in [-0.15, -0.1) is 0 Å². The van der Waals surface area contributed by atoms with Crippen LogP contribution in [0.5, 0.6) is 5.75 Å². The molecule has 0 fully saturated rings. The highest BCUT2D eigenvalue weighted by Crippen LogP contribution is 2.23. The highest BCUT2D eigenvalue weighted by Gasteiger charge is 2.16. The number of sulfonamides is 1. The first-order valence-electron chi connectivity index (χ1n) is 6.97. The summed E-state index contributed by atoms with van der Waals surface area (Å²) < 4.78 is 33.2. The molecule has 0 unspecified atom stereocenters. The van der Waals surface area contributed by atoms with Gasteiger partial charge in [0.25, 0.3) is 0 Å². The lowest BCUT2D eigenvalue weighted by Gasteiger charge is -2.10. The van der Waals surface area contributed by atoms with Crippen molar-refractivity contribution >= 4 is 27.6 Å². The van der Waals surface area contributed by atoms with E-state index in [1.807, 2.05) is 0 Å². The summed E-state index contributed by atoms with van der Waals surface area (Å²) in [6, 6.07) is 11.0. The number of esters is 1. The van der Waals surface area contributed by atoms with Gasteiger partial charge in [-0.3, -0.25) is 0 Å². The Balaban J connectivity index is 1.97. The number of ether oxygens (including phenoxy) is 2. The summed E-state index contributed by atoms with van der Waals surface area (Å²) >= 11 is 5.94. The van der Waals surface area contributed by atoms with Gasteiger partial charge in [0, 0.05) is 0 Å². The molecule has 8 heteroatoms. The number of aryl methyl sites for hydroxylation is 1. The first-order chi connectivity index (χ1) is 11.3. The average Bonchev–Trinajstić information content (AvgIpc) is 2.52. The van der Waals surface area contributed by atoms with Crippen LogP contribution in [-0.4, -0.2) is 27.6 Å². The van der Waals surface area contributed by atoms with Crippen LogP contribution < -0.4 is 9.88 Å². The molecule has 128 valence electrons. The molecule has 0 heterocycles. The zero-order valence-electron chi connectivity index (χ0n) is 12.9. The smallest absolute Gasteiger partial charge is 0.338 e. The Morgan fingerprint density at radius 2 is 1.88 bits per heavy atom. The van der Waals surface area contributed by atoms with Crippen LogP contribution in [0.1, 0.15) is 15.9 Å². The van der Waals surface area contributed by atoms with Gasteiger partial charge in [-0.1, -0.05) is 29.8 Å². The Labute approximate surface area is 145 Å². The molecule has 0 atom stereocenters. The van der Waals surface area contributed by atoms with Crippen molar-refractivity contribution in [3.8, 4) is 5.75 Å². The van der Waals surface area contributed by atoms with E-state index in [2.05, 4.69) is 0 Å². The summed E-state index contributed by atoms with van der Waals surface area (Å²) in [4.78, 5) is 11.9. The van der Waals surface area contributed by atoms with Gasteiger partial charge in [-0.05, 0) is 36.8 Å². The van der Waals surface area contributed by atoms with E-state index < -0.39 is 16.0 Å². The summed E-state index contributed by atoms with van der Waals surface area (Å²) in [5, 5.41) is 5.52. The second kappa shape index (κ2) is 7.65. The molecule has 0 saturated heterocycles. The molecule has 0 spiro atoms. The fourth-order valence-electron chi connectivity index (χ4n) is 1.92. The fourth-order valence-corrected chi connectivity index (χ4v) is 2.65. The number of primary sulfonamides is 1. The Hall–Kier alpha value is -2.09. The van der Waals surface area contributed by atoms with E-state index in [-0.39, 0.29) is 23.7 Å². The Kier molecular flexibility index (Phi) is 5.82. The van der Waals surface area contributed by atoms with E-state index in [0.29, 0.717) is 16.3 Å². The number of hydrogen-bond acceptors (Lipinski definition) is 5. The van der Waals surface area contributed by atoms with Gasteiger partial charge in [-0.25, -0.2) is 18.4 Å². The van der Waals surface area contributed by atoms with Crippen molar-refractivity contribution in [2.45, 2.75) is 11.8 Å². The number of carbonyl (C=O) groups excluding carboxylic acids is 1. The molecular formula is C16H16ClNO5S. The number of para-hydroxylation sites is 1. The summed E-state index contributed by atoms with van der Waals surface area (Å²) in [6.45, 7) is 1.77. The quantitative estimate of drug-likeness (QED) is 0.623. The van der Waals surface area contributed by atoms with Crippen LogP contribution in [0.15, 0.2) is 47.4 Å². The molecule has 0 radical (unpaired) electrons. The third-order valence-electron chi connectivity index (χ3n) is 3.17. The average molecular weight is 370 g/mol. The second-order valence-electron chi connectivity index (χ2n) is 4.94. The second-order valence-corrected chi connectivity index (χ2v) is 6.91. The predicted octanol–water partition coefficient (Wildman–Crippen LogP) is 2.53. The Morgan fingerprint density at radius 1 is 1.17 bits per heavy atom. The summed E-state index contributed by atoms with van der Waals surface area (Å²) in [5.41, 5.74) is 0.721. The summed E-state index contributed by atoms with van der Waals surface area (Å²) in [6.07, 6.45) is 0. The van der Waals surface area contributed by atoms with Crippen molar-refractivity contribution in [1.29, 1.82) is 0 Å². The maximum absolute atomic E-state index is 12.1. The fraction of sp³-hybridized carbons (Fsp3) is 0.188. The summed E-state index contributed by atoms with van der Waals surface area (Å²) in [7, 11) is -3.89. The minimum atomic E-state index is -3.89. The standard InChI is InChI=1S/C16H16ClNO5S/c1-11-6-7-12(24(18,20)21)10-13(11)16(19)23-9-8-22-15-5-3-2-4-14(15)17/h2-7,10H,8-9H2,1H3,(H2,18,20,21). The van der Waals surface area contributed by atoms with Gasteiger partial charge in [0.2, 0.25) is 10.0 Å². The molecule has 2 aromatic carbocycles. The van der Waals surface area contributed by atoms with Crippen LogP contribution >= 0.6 is 11.6 Å². The van der Waals surface area contributed by atoms with Crippen LogP contribution in [0.25, 0.3) is 0 Å². The van der Waals surface area contributed by atoms with Crippen molar-refractivity contribution in [2.75, 3.05) is 13.2 Å². The van der Waals surface area contributed by atoms with Crippen molar-refractivity contribution in [3.05, 3.63) is 58.6 Å². The lowest BCUT2D eigenvalue weighted by atomic mass is 10.1. The molecule has 0 aliphatic heterocycles. The van der Waals surface area contributed by atoms with Gasteiger partial charge >= 0.3 is 5.97 Å². The molecule has 2 rings (SSSR count). The molecule has 0 bridgehead atoms. The van der Waals surface area contributed by atoms with Crippen molar-refractivity contribution < 1.29 is 22.7 Å².